The molecule has 1 aromatic carbocycles. The van der Waals surface area contributed by atoms with Crippen molar-refractivity contribution in [2.24, 2.45) is 0 Å². The summed E-state index contributed by atoms with van der Waals surface area (Å²) in [4.78, 5) is 11.8. The first-order valence-corrected chi connectivity index (χ1v) is 8.87. The van der Waals surface area contributed by atoms with Gasteiger partial charge in [-0.1, -0.05) is 0 Å². The molecule has 0 saturated heterocycles. The zero-order valence-electron chi connectivity index (χ0n) is 14.1. The topological polar surface area (TPSA) is 103 Å². The van der Waals surface area contributed by atoms with Crippen LogP contribution in [-0.2, 0) is 24.3 Å². The highest BCUT2D eigenvalue weighted by Gasteiger charge is 2.13. The van der Waals surface area contributed by atoms with Crippen molar-refractivity contribution in [2.75, 3.05) is 40.6 Å². The van der Waals surface area contributed by atoms with Crippen LogP contribution in [0.15, 0.2) is 29.2 Å². The van der Waals surface area contributed by atoms with E-state index in [9.17, 15) is 13.2 Å². The zero-order valence-corrected chi connectivity index (χ0v) is 14.9. The lowest BCUT2D eigenvalue weighted by molar-refractivity contribution is -0.124. The van der Waals surface area contributed by atoms with E-state index in [0.29, 0.717) is 12.4 Å². The quantitative estimate of drug-likeness (QED) is 0.544. The minimum absolute atomic E-state index is 0.114. The van der Waals surface area contributed by atoms with Gasteiger partial charge in [0.15, 0.2) is 6.61 Å². The molecule has 9 heteroatoms. The molecule has 1 rings (SSSR count). The molecule has 0 spiro atoms. The third-order valence-electron chi connectivity index (χ3n) is 2.93. The third-order valence-corrected chi connectivity index (χ3v) is 4.40. The lowest BCUT2D eigenvalue weighted by Gasteiger charge is -2.13. The highest BCUT2D eigenvalue weighted by Crippen LogP contribution is 2.15. The van der Waals surface area contributed by atoms with Gasteiger partial charge in [0, 0.05) is 26.8 Å². The van der Waals surface area contributed by atoms with E-state index >= 15 is 0 Å². The summed E-state index contributed by atoms with van der Waals surface area (Å²) in [6, 6.07) is 5.70. The molecule has 1 amide bonds. The number of rotatable bonds is 11. The Morgan fingerprint density at radius 1 is 1.17 bits per heavy atom. The van der Waals surface area contributed by atoms with E-state index in [1.54, 1.807) is 7.11 Å². The Balaban J connectivity index is 2.51. The number of benzene rings is 1. The molecule has 1 atom stereocenters. The maximum atomic E-state index is 12.0. The van der Waals surface area contributed by atoms with E-state index < -0.39 is 10.0 Å². The lowest BCUT2D eigenvalue weighted by Crippen LogP contribution is -2.38. The molecule has 0 aliphatic carbocycles. The van der Waals surface area contributed by atoms with E-state index in [4.69, 9.17) is 14.2 Å². The molecule has 24 heavy (non-hydrogen) atoms. The van der Waals surface area contributed by atoms with Crippen molar-refractivity contribution in [1.82, 2.24) is 10.0 Å². The number of ether oxygens (including phenoxy) is 3. The predicted octanol–water partition coefficient (Wildman–Crippen LogP) is 0.141. The summed E-state index contributed by atoms with van der Waals surface area (Å²) in [6.07, 6.45) is 0. The Labute approximate surface area is 142 Å². The summed E-state index contributed by atoms with van der Waals surface area (Å²) in [7, 11) is -0.534. The van der Waals surface area contributed by atoms with Crippen LogP contribution in [0.2, 0.25) is 0 Å². The van der Waals surface area contributed by atoms with Gasteiger partial charge in [-0.05, 0) is 31.2 Å². The van der Waals surface area contributed by atoms with Crippen molar-refractivity contribution in [3.8, 4) is 5.75 Å². The van der Waals surface area contributed by atoms with Crippen molar-refractivity contribution >= 4 is 15.9 Å². The van der Waals surface area contributed by atoms with Crippen LogP contribution in [0.5, 0.6) is 5.75 Å². The van der Waals surface area contributed by atoms with Gasteiger partial charge in [0.1, 0.15) is 5.75 Å². The highest BCUT2D eigenvalue weighted by atomic mass is 32.2. The SMILES string of the molecule is COCCNS(=O)(=O)c1ccc(OCC(=O)N[C@@H](C)COC)cc1. The molecule has 1 aromatic rings. The zero-order chi connectivity index (χ0) is 18.0. The van der Waals surface area contributed by atoms with Gasteiger partial charge in [-0.25, -0.2) is 13.1 Å². The van der Waals surface area contributed by atoms with Gasteiger partial charge in [-0.2, -0.15) is 0 Å². The molecule has 8 nitrogen and oxygen atoms in total. The number of carbonyl (C=O) groups is 1. The number of sulfonamides is 1. The Morgan fingerprint density at radius 3 is 2.42 bits per heavy atom. The fourth-order valence-corrected chi connectivity index (χ4v) is 2.85. The monoisotopic (exact) mass is 360 g/mol. The molecule has 0 saturated carbocycles. The molecular weight excluding hydrogens is 336 g/mol. The van der Waals surface area contributed by atoms with Gasteiger partial charge < -0.3 is 19.5 Å². The number of amides is 1. The van der Waals surface area contributed by atoms with Crippen LogP contribution >= 0.6 is 0 Å². The maximum Gasteiger partial charge on any atom is 0.258 e. The first-order chi connectivity index (χ1) is 11.4. The summed E-state index contributed by atoms with van der Waals surface area (Å²) in [5.41, 5.74) is 0. The first-order valence-electron chi connectivity index (χ1n) is 7.39. The van der Waals surface area contributed by atoms with Gasteiger partial charge in [0.25, 0.3) is 5.91 Å². The molecule has 0 aliphatic heterocycles. The molecule has 0 heterocycles. The highest BCUT2D eigenvalue weighted by molar-refractivity contribution is 7.89. The second-order valence-corrected chi connectivity index (χ2v) is 6.84. The molecule has 0 unspecified atom stereocenters. The fourth-order valence-electron chi connectivity index (χ4n) is 1.83. The van der Waals surface area contributed by atoms with Crippen molar-refractivity contribution in [1.29, 1.82) is 0 Å². The number of hydrogen-bond acceptors (Lipinski definition) is 6. The predicted molar refractivity (Wildman–Crippen MR) is 88.5 cm³/mol. The summed E-state index contributed by atoms with van der Waals surface area (Å²) in [5, 5.41) is 2.71. The van der Waals surface area contributed by atoms with E-state index in [0.717, 1.165) is 0 Å². The van der Waals surface area contributed by atoms with Gasteiger partial charge in [-0.3, -0.25) is 4.79 Å². The third kappa shape index (κ3) is 7.26. The summed E-state index contributed by atoms with van der Waals surface area (Å²) in [6.45, 7) is 2.55. The van der Waals surface area contributed by atoms with Crippen LogP contribution in [0.1, 0.15) is 6.92 Å². The Morgan fingerprint density at radius 2 is 1.83 bits per heavy atom. The number of nitrogens with one attached hydrogen (secondary N) is 2. The van der Waals surface area contributed by atoms with E-state index in [2.05, 4.69) is 10.0 Å². The molecular formula is C15H24N2O6S. The molecule has 136 valence electrons. The average molecular weight is 360 g/mol. The largest absolute Gasteiger partial charge is 0.484 e. The molecule has 2 N–H and O–H groups in total. The van der Waals surface area contributed by atoms with E-state index in [1.807, 2.05) is 6.92 Å². The smallest absolute Gasteiger partial charge is 0.258 e. The lowest BCUT2D eigenvalue weighted by atomic mass is 10.3. The minimum atomic E-state index is -3.58. The fraction of sp³-hybridized carbons (Fsp3) is 0.533. The van der Waals surface area contributed by atoms with Crippen molar-refractivity contribution < 1.29 is 27.4 Å². The second-order valence-electron chi connectivity index (χ2n) is 5.07. The molecule has 0 aromatic heterocycles. The van der Waals surface area contributed by atoms with Crippen LogP contribution in [0.3, 0.4) is 0 Å². The van der Waals surface area contributed by atoms with Gasteiger partial charge in [0.2, 0.25) is 10.0 Å². The van der Waals surface area contributed by atoms with E-state index in [1.165, 1.54) is 31.4 Å². The average Bonchev–Trinajstić information content (AvgIpc) is 2.53. The molecule has 0 radical (unpaired) electrons. The van der Waals surface area contributed by atoms with Crippen LogP contribution in [0, 0.1) is 0 Å². The Kier molecular flexibility index (Phi) is 8.69. The maximum absolute atomic E-state index is 12.0. The van der Waals surface area contributed by atoms with Gasteiger partial charge in [-0.15, -0.1) is 0 Å². The van der Waals surface area contributed by atoms with Crippen molar-refractivity contribution in [3.63, 3.8) is 0 Å². The second kappa shape index (κ2) is 10.2. The van der Waals surface area contributed by atoms with Gasteiger partial charge >= 0.3 is 0 Å². The minimum Gasteiger partial charge on any atom is -0.484 e. The summed E-state index contributed by atoms with van der Waals surface area (Å²) < 4.78 is 41.4. The van der Waals surface area contributed by atoms with Crippen LogP contribution in [0.4, 0.5) is 0 Å². The standard InChI is InChI=1S/C15H24N2O6S/c1-12(10-22-3)17-15(18)11-23-13-4-6-14(7-5-13)24(19,20)16-8-9-21-2/h4-7,12,16H,8-11H2,1-3H3,(H,17,18)/t12-/m0/s1. The number of hydrogen-bond donors (Lipinski definition) is 2. The number of methoxy groups -OCH3 is 2. The van der Waals surface area contributed by atoms with Gasteiger partial charge in [0.05, 0.1) is 18.1 Å². The number of carbonyl (C=O) groups excluding carboxylic acids is 1. The van der Waals surface area contributed by atoms with Crippen molar-refractivity contribution in [3.05, 3.63) is 24.3 Å². The first kappa shape index (κ1) is 20.4. The van der Waals surface area contributed by atoms with Crippen molar-refractivity contribution in [2.45, 2.75) is 17.9 Å². The molecule has 0 aliphatic rings. The molecule has 0 fully saturated rings. The molecule has 0 bridgehead atoms. The normalized spacial score (nSPS) is 12.6. The summed E-state index contributed by atoms with van der Waals surface area (Å²) in [5.74, 6) is 0.123. The Bertz CT molecular complexity index is 603. The summed E-state index contributed by atoms with van der Waals surface area (Å²) >= 11 is 0. The van der Waals surface area contributed by atoms with E-state index in [-0.39, 0.29) is 36.6 Å². The Hall–Kier alpha value is -1.68. The van der Waals surface area contributed by atoms with Crippen LogP contribution < -0.4 is 14.8 Å². The van der Waals surface area contributed by atoms with Crippen LogP contribution in [0.25, 0.3) is 0 Å². The van der Waals surface area contributed by atoms with Crippen LogP contribution in [-0.4, -0.2) is 61.0 Å².